The second-order valence-electron chi connectivity index (χ2n) is 6.96. The average molecular weight is 286 g/mol. The summed E-state index contributed by atoms with van der Waals surface area (Å²) in [5.74, 6) is 0. The van der Waals surface area contributed by atoms with Crippen LogP contribution in [0.15, 0.2) is 24.3 Å². The van der Waals surface area contributed by atoms with Crippen LogP contribution in [0.5, 0.6) is 0 Å². The van der Waals surface area contributed by atoms with Gasteiger partial charge in [-0.15, -0.1) is 0 Å². The molecule has 1 aromatic rings. The molecule has 1 saturated heterocycles. The van der Waals surface area contributed by atoms with Crippen LogP contribution in [0.4, 0.5) is 5.69 Å². The van der Waals surface area contributed by atoms with Crippen molar-refractivity contribution >= 4 is 5.69 Å². The van der Waals surface area contributed by atoms with Crippen LogP contribution in [-0.2, 0) is 6.42 Å². The maximum Gasteiger partial charge on any atom is 0.0367 e. The predicted molar refractivity (Wildman–Crippen MR) is 91.1 cm³/mol. The Morgan fingerprint density at radius 2 is 1.81 bits per heavy atom. The van der Waals surface area contributed by atoms with Gasteiger partial charge in [-0.25, -0.2) is 0 Å². The second-order valence-corrected chi connectivity index (χ2v) is 6.96. The van der Waals surface area contributed by atoms with E-state index in [0.717, 1.165) is 0 Å². The number of hydrogen-bond donors (Lipinski definition) is 1. The average Bonchev–Trinajstić information content (AvgIpc) is 2.72. The van der Waals surface area contributed by atoms with Gasteiger partial charge in [-0.05, 0) is 49.9 Å². The number of nitrogens with zero attached hydrogens (tertiary/aromatic N) is 1. The summed E-state index contributed by atoms with van der Waals surface area (Å²) in [5.41, 5.74) is 3.28. The first kappa shape index (κ1) is 14.9. The largest absolute Gasteiger partial charge is 0.370 e. The van der Waals surface area contributed by atoms with Gasteiger partial charge in [0, 0.05) is 24.3 Å². The van der Waals surface area contributed by atoms with E-state index in [0.29, 0.717) is 5.54 Å². The van der Waals surface area contributed by atoms with Gasteiger partial charge in [0.05, 0.1) is 0 Å². The number of hydrogen-bond acceptors (Lipinski definition) is 2. The van der Waals surface area contributed by atoms with Crippen LogP contribution in [0.3, 0.4) is 0 Å². The van der Waals surface area contributed by atoms with Crippen LogP contribution in [0.2, 0.25) is 0 Å². The van der Waals surface area contributed by atoms with Crippen LogP contribution in [0, 0.1) is 0 Å². The Labute approximate surface area is 129 Å². The van der Waals surface area contributed by atoms with Crippen LogP contribution in [-0.4, -0.2) is 25.2 Å². The number of anilines is 1. The number of aryl methyl sites for hydroxylation is 1. The monoisotopic (exact) mass is 286 g/mol. The molecule has 2 fully saturated rings. The Morgan fingerprint density at radius 1 is 1.05 bits per heavy atom. The van der Waals surface area contributed by atoms with Crippen molar-refractivity contribution < 1.29 is 0 Å². The summed E-state index contributed by atoms with van der Waals surface area (Å²) in [6.45, 7) is 5.83. The highest BCUT2D eigenvalue weighted by Gasteiger charge is 2.34. The van der Waals surface area contributed by atoms with E-state index >= 15 is 0 Å². The highest BCUT2D eigenvalue weighted by Crippen LogP contribution is 2.32. The summed E-state index contributed by atoms with van der Waals surface area (Å²) in [6, 6.07) is 9.33. The van der Waals surface area contributed by atoms with Crippen molar-refractivity contribution in [1.82, 2.24) is 5.32 Å². The maximum absolute atomic E-state index is 3.89. The molecule has 3 rings (SSSR count). The van der Waals surface area contributed by atoms with E-state index in [1.165, 1.54) is 82.3 Å². The van der Waals surface area contributed by atoms with Crippen LogP contribution >= 0.6 is 0 Å². The van der Waals surface area contributed by atoms with Gasteiger partial charge < -0.3 is 10.2 Å². The first-order valence-corrected chi connectivity index (χ1v) is 8.90. The Morgan fingerprint density at radius 3 is 2.52 bits per heavy atom. The minimum Gasteiger partial charge on any atom is -0.370 e. The van der Waals surface area contributed by atoms with Crippen molar-refractivity contribution in [3.8, 4) is 0 Å². The van der Waals surface area contributed by atoms with Crippen LogP contribution in [0.1, 0.15) is 57.4 Å². The lowest BCUT2D eigenvalue weighted by atomic mass is 9.81. The van der Waals surface area contributed by atoms with Gasteiger partial charge in [0.15, 0.2) is 0 Å². The fourth-order valence-electron chi connectivity index (χ4n) is 4.07. The Hall–Kier alpha value is -1.02. The van der Waals surface area contributed by atoms with Crippen molar-refractivity contribution in [3.63, 3.8) is 0 Å². The zero-order chi connectivity index (χ0) is 14.5. The van der Waals surface area contributed by atoms with E-state index in [4.69, 9.17) is 0 Å². The minimum absolute atomic E-state index is 0.386. The molecule has 1 heterocycles. The quantitative estimate of drug-likeness (QED) is 0.898. The second kappa shape index (κ2) is 6.83. The molecule has 2 heteroatoms. The first-order valence-electron chi connectivity index (χ1n) is 8.90. The third kappa shape index (κ3) is 3.60. The molecular weight excluding hydrogens is 256 g/mol. The Bertz CT molecular complexity index is 431. The molecule has 1 N–H and O–H groups in total. The summed E-state index contributed by atoms with van der Waals surface area (Å²) in [5, 5.41) is 3.89. The molecule has 1 aromatic carbocycles. The van der Waals surface area contributed by atoms with Gasteiger partial charge >= 0.3 is 0 Å². The molecule has 1 saturated carbocycles. The lowest BCUT2D eigenvalue weighted by Gasteiger charge is -2.40. The topological polar surface area (TPSA) is 15.3 Å². The highest BCUT2D eigenvalue weighted by molar-refractivity contribution is 5.48. The lowest BCUT2D eigenvalue weighted by molar-refractivity contribution is 0.246. The standard InChI is InChI=1S/C19H30N2/c1-2-7-17-8-10-18(11-9-17)21-15-6-14-20-19(16-21)12-4-3-5-13-19/h8-11,20H,2-7,12-16H2,1H3. The summed E-state index contributed by atoms with van der Waals surface area (Å²) in [6.07, 6.45) is 10.6. The summed E-state index contributed by atoms with van der Waals surface area (Å²) < 4.78 is 0. The zero-order valence-corrected chi connectivity index (χ0v) is 13.5. The summed E-state index contributed by atoms with van der Waals surface area (Å²) in [7, 11) is 0. The van der Waals surface area contributed by atoms with E-state index < -0.39 is 0 Å². The van der Waals surface area contributed by atoms with Gasteiger partial charge in [-0.3, -0.25) is 0 Å². The van der Waals surface area contributed by atoms with Crippen molar-refractivity contribution in [2.75, 3.05) is 24.5 Å². The molecule has 0 atom stereocenters. The van der Waals surface area contributed by atoms with Crippen LogP contribution in [0.25, 0.3) is 0 Å². The van der Waals surface area contributed by atoms with Crippen molar-refractivity contribution in [2.24, 2.45) is 0 Å². The van der Waals surface area contributed by atoms with E-state index in [2.05, 4.69) is 41.4 Å². The molecule has 21 heavy (non-hydrogen) atoms. The predicted octanol–water partition coefficient (Wildman–Crippen LogP) is 4.14. The molecule has 1 aliphatic heterocycles. The van der Waals surface area contributed by atoms with Gasteiger partial charge in [-0.1, -0.05) is 44.7 Å². The third-order valence-electron chi connectivity index (χ3n) is 5.25. The molecule has 0 aromatic heterocycles. The lowest BCUT2D eigenvalue weighted by Crippen LogP contribution is -2.52. The maximum atomic E-state index is 3.89. The Kier molecular flexibility index (Phi) is 4.84. The molecule has 2 nitrogen and oxygen atoms in total. The Balaban J connectivity index is 1.73. The van der Waals surface area contributed by atoms with E-state index in [9.17, 15) is 0 Å². The normalized spacial score (nSPS) is 22.2. The third-order valence-corrected chi connectivity index (χ3v) is 5.25. The van der Waals surface area contributed by atoms with Gasteiger partial charge in [0.25, 0.3) is 0 Å². The van der Waals surface area contributed by atoms with Crippen molar-refractivity contribution in [2.45, 2.75) is 63.8 Å². The molecule has 0 unspecified atom stereocenters. The van der Waals surface area contributed by atoms with Gasteiger partial charge in [-0.2, -0.15) is 0 Å². The zero-order valence-electron chi connectivity index (χ0n) is 13.5. The highest BCUT2D eigenvalue weighted by atomic mass is 15.2. The smallest absolute Gasteiger partial charge is 0.0367 e. The molecule has 2 aliphatic rings. The summed E-state index contributed by atoms with van der Waals surface area (Å²) >= 11 is 0. The molecule has 0 radical (unpaired) electrons. The van der Waals surface area contributed by atoms with E-state index in [1.54, 1.807) is 0 Å². The number of nitrogens with one attached hydrogen (secondary N) is 1. The number of benzene rings is 1. The molecular formula is C19H30N2. The minimum atomic E-state index is 0.386. The van der Waals surface area contributed by atoms with Gasteiger partial charge in [0.1, 0.15) is 0 Å². The molecule has 1 spiro atoms. The SMILES string of the molecule is CCCc1ccc(N2CCCNC3(CCCCC3)C2)cc1. The van der Waals surface area contributed by atoms with Crippen molar-refractivity contribution in [1.29, 1.82) is 0 Å². The van der Waals surface area contributed by atoms with Crippen LogP contribution < -0.4 is 10.2 Å². The van der Waals surface area contributed by atoms with E-state index in [1.807, 2.05) is 0 Å². The van der Waals surface area contributed by atoms with Gasteiger partial charge in [0.2, 0.25) is 0 Å². The fraction of sp³-hybridized carbons (Fsp3) is 0.684. The molecule has 0 amide bonds. The molecule has 1 aliphatic carbocycles. The molecule has 116 valence electrons. The number of rotatable bonds is 3. The van der Waals surface area contributed by atoms with E-state index in [-0.39, 0.29) is 0 Å². The first-order chi connectivity index (χ1) is 10.3. The van der Waals surface area contributed by atoms with Crippen molar-refractivity contribution in [3.05, 3.63) is 29.8 Å². The summed E-state index contributed by atoms with van der Waals surface area (Å²) in [4.78, 5) is 2.63. The fourth-order valence-corrected chi connectivity index (χ4v) is 4.07. The molecule has 0 bridgehead atoms.